The van der Waals surface area contributed by atoms with Gasteiger partial charge in [0.15, 0.2) is 0 Å². The van der Waals surface area contributed by atoms with Crippen molar-refractivity contribution < 1.29 is 5.11 Å². The molecule has 80 valence electrons. The normalized spacial score (nSPS) is 36.4. The zero-order valence-corrected chi connectivity index (χ0v) is 8.82. The van der Waals surface area contributed by atoms with E-state index in [0.717, 1.165) is 24.9 Å². The van der Waals surface area contributed by atoms with E-state index < -0.39 is 0 Å². The predicted octanol–water partition coefficient (Wildman–Crippen LogP) is 0.0746. The van der Waals surface area contributed by atoms with Gasteiger partial charge in [-0.3, -0.25) is 4.90 Å². The highest BCUT2D eigenvalue weighted by Crippen LogP contribution is 2.30. The minimum atomic E-state index is 0.256. The van der Waals surface area contributed by atoms with Crippen molar-refractivity contribution in [2.75, 3.05) is 33.3 Å². The number of likely N-dealkylation sites (N-methyl/N-ethyl adjacent to an activating group) is 1. The minimum Gasteiger partial charge on any atom is -0.395 e. The molecule has 3 nitrogen and oxygen atoms in total. The molecule has 0 bridgehead atoms. The summed E-state index contributed by atoms with van der Waals surface area (Å²) in [7, 11) is 2.10. The van der Waals surface area contributed by atoms with E-state index in [1.165, 1.54) is 13.0 Å². The number of nitrogens with one attached hydrogen (secondary N) is 1. The largest absolute Gasteiger partial charge is 0.395 e. The maximum absolute atomic E-state index is 8.93. The quantitative estimate of drug-likeness (QED) is 0.627. The molecule has 2 aliphatic rings. The molecule has 3 unspecified atom stereocenters. The summed E-state index contributed by atoms with van der Waals surface area (Å²) in [5.74, 6) is 1.56. The van der Waals surface area contributed by atoms with Gasteiger partial charge in [-0.2, -0.15) is 0 Å². The van der Waals surface area contributed by atoms with E-state index in [1.807, 2.05) is 0 Å². The Labute approximate surface area is 85.8 Å². The van der Waals surface area contributed by atoms with Gasteiger partial charge in [0.1, 0.15) is 0 Å². The number of fused-ring (bicyclic) bond motifs is 1. The van der Waals surface area contributed by atoms with E-state index in [9.17, 15) is 0 Å². The number of hydrogen-bond acceptors (Lipinski definition) is 3. The molecule has 2 rings (SSSR count). The van der Waals surface area contributed by atoms with Gasteiger partial charge in [-0.25, -0.2) is 0 Å². The molecule has 3 atom stereocenters. The van der Waals surface area contributed by atoms with Gasteiger partial charge in [-0.05, 0) is 31.8 Å². The average molecular weight is 196 g/mol. The first-order chi connectivity index (χ1) is 6.83. The maximum Gasteiger partial charge on any atom is 0.0558 e. The highest BCUT2D eigenvalue weighted by molar-refractivity contribution is 5.08. The number of nitrogens with zero attached hydrogens (tertiary/aromatic N) is 1. The lowest BCUT2D eigenvalue weighted by molar-refractivity contribution is 0.150. The van der Waals surface area contributed by atoms with Gasteiger partial charge in [-0.1, -0.05) is 12.2 Å². The molecule has 0 radical (unpaired) electrons. The van der Waals surface area contributed by atoms with Crippen LogP contribution in [0.5, 0.6) is 0 Å². The van der Waals surface area contributed by atoms with Crippen LogP contribution in [0.3, 0.4) is 0 Å². The summed E-state index contributed by atoms with van der Waals surface area (Å²) < 4.78 is 0. The van der Waals surface area contributed by atoms with Gasteiger partial charge in [-0.15, -0.1) is 0 Å². The maximum atomic E-state index is 8.93. The third-order valence-corrected chi connectivity index (χ3v) is 3.56. The van der Waals surface area contributed by atoms with E-state index in [4.69, 9.17) is 5.11 Å². The second kappa shape index (κ2) is 4.43. The molecule has 0 spiro atoms. The van der Waals surface area contributed by atoms with Crippen LogP contribution < -0.4 is 5.32 Å². The molecule has 1 heterocycles. The van der Waals surface area contributed by atoms with E-state index in [2.05, 4.69) is 29.4 Å². The Hall–Kier alpha value is -0.380. The average Bonchev–Trinajstić information content (AvgIpc) is 2.65. The third kappa shape index (κ3) is 1.85. The van der Waals surface area contributed by atoms with Crippen molar-refractivity contribution in [2.45, 2.75) is 12.5 Å². The number of rotatable bonds is 3. The summed E-state index contributed by atoms with van der Waals surface area (Å²) in [6.45, 7) is 3.33. The molecule has 1 saturated heterocycles. The summed E-state index contributed by atoms with van der Waals surface area (Å²) in [5.41, 5.74) is 0. The summed E-state index contributed by atoms with van der Waals surface area (Å²) in [6.07, 6.45) is 5.83. The Morgan fingerprint density at radius 3 is 3.14 bits per heavy atom. The van der Waals surface area contributed by atoms with E-state index in [0.29, 0.717) is 6.04 Å². The molecule has 0 saturated carbocycles. The van der Waals surface area contributed by atoms with Crippen molar-refractivity contribution in [1.29, 1.82) is 0 Å². The highest BCUT2D eigenvalue weighted by Gasteiger charge is 2.35. The zero-order chi connectivity index (χ0) is 9.97. The van der Waals surface area contributed by atoms with Crippen molar-refractivity contribution in [1.82, 2.24) is 10.2 Å². The fourth-order valence-corrected chi connectivity index (χ4v) is 2.73. The van der Waals surface area contributed by atoms with Crippen LogP contribution in [0.2, 0.25) is 0 Å². The van der Waals surface area contributed by atoms with E-state index >= 15 is 0 Å². The predicted molar refractivity (Wildman–Crippen MR) is 57.1 cm³/mol. The summed E-state index contributed by atoms with van der Waals surface area (Å²) >= 11 is 0. The molecule has 0 aromatic carbocycles. The van der Waals surface area contributed by atoms with Gasteiger partial charge < -0.3 is 10.4 Å². The summed E-state index contributed by atoms with van der Waals surface area (Å²) in [6, 6.07) is 0.524. The fraction of sp³-hybridized carbons (Fsp3) is 0.818. The van der Waals surface area contributed by atoms with E-state index in [1.54, 1.807) is 0 Å². The second-order valence-corrected chi connectivity index (χ2v) is 4.44. The molecule has 3 heteroatoms. The first kappa shape index (κ1) is 10.1. The van der Waals surface area contributed by atoms with Gasteiger partial charge in [0.2, 0.25) is 0 Å². The SMILES string of the molecule is CN(CCO)C1C=CCC2CNCC21. The number of allylic oxidation sites excluding steroid dienone is 1. The minimum absolute atomic E-state index is 0.256. The number of aliphatic hydroxyl groups excluding tert-OH is 1. The molecule has 0 aromatic rings. The first-order valence-electron chi connectivity index (χ1n) is 5.51. The van der Waals surface area contributed by atoms with Crippen LogP contribution in [0, 0.1) is 11.8 Å². The van der Waals surface area contributed by atoms with Crippen LogP contribution >= 0.6 is 0 Å². The lowest BCUT2D eigenvalue weighted by Gasteiger charge is -2.35. The fourth-order valence-electron chi connectivity index (χ4n) is 2.73. The van der Waals surface area contributed by atoms with Crippen molar-refractivity contribution in [3.63, 3.8) is 0 Å². The van der Waals surface area contributed by atoms with Crippen molar-refractivity contribution in [3.8, 4) is 0 Å². The van der Waals surface area contributed by atoms with Gasteiger partial charge in [0.25, 0.3) is 0 Å². The third-order valence-electron chi connectivity index (χ3n) is 3.56. The zero-order valence-electron chi connectivity index (χ0n) is 8.82. The van der Waals surface area contributed by atoms with Crippen LogP contribution in [0.15, 0.2) is 12.2 Å². The van der Waals surface area contributed by atoms with Gasteiger partial charge in [0.05, 0.1) is 6.61 Å². The number of hydrogen-bond donors (Lipinski definition) is 2. The smallest absolute Gasteiger partial charge is 0.0558 e. The molecule has 1 aliphatic carbocycles. The standard InChI is InChI=1S/C11H20N2O/c1-13(5-6-14)11-4-2-3-9-7-12-8-10(9)11/h2,4,9-12,14H,3,5-8H2,1H3. The Kier molecular flexibility index (Phi) is 3.21. The Morgan fingerprint density at radius 1 is 1.50 bits per heavy atom. The molecule has 0 amide bonds. The van der Waals surface area contributed by atoms with Crippen LogP contribution in [0.25, 0.3) is 0 Å². The van der Waals surface area contributed by atoms with Crippen molar-refractivity contribution in [2.24, 2.45) is 11.8 Å². The van der Waals surface area contributed by atoms with Gasteiger partial charge >= 0.3 is 0 Å². The van der Waals surface area contributed by atoms with E-state index in [-0.39, 0.29) is 6.61 Å². The molecule has 0 aromatic heterocycles. The summed E-state index contributed by atoms with van der Waals surface area (Å²) in [5, 5.41) is 12.4. The number of aliphatic hydroxyl groups is 1. The molecular weight excluding hydrogens is 176 g/mol. The van der Waals surface area contributed by atoms with Crippen molar-refractivity contribution >= 4 is 0 Å². The van der Waals surface area contributed by atoms with Crippen LogP contribution in [-0.4, -0.2) is 49.3 Å². The lowest BCUT2D eigenvalue weighted by atomic mass is 9.82. The Balaban J connectivity index is 2.02. The first-order valence-corrected chi connectivity index (χ1v) is 5.51. The molecular formula is C11H20N2O. The lowest BCUT2D eigenvalue weighted by Crippen LogP contribution is -2.42. The molecule has 1 aliphatic heterocycles. The molecule has 2 N–H and O–H groups in total. The van der Waals surface area contributed by atoms with Gasteiger partial charge in [0, 0.05) is 19.1 Å². The Morgan fingerprint density at radius 2 is 2.36 bits per heavy atom. The van der Waals surface area contributed by atoms with Crippen LogP contribution in [0.4, 0.5) is 0 Å². The topological polar surface area (TPSA) is 35.5 Å². The Bertz CT molecular complexity index is 217. The van der Waals surface area contributed by atoms with Crippen molar-refractivity contribution in [3.05, 3.63) is 12.2 Å². The summed E-state index contributed by atoms with van der Waals surface area (Å²) in [4.78, 5) is 2.26. The molecule has 14 heavy (non-hydrogen) atoms. The molecule has 1 fully saturated rings. The second-order valence-electron chi connectivity index (χ2n) is 4.44. The highest BCUT2D eigenvalue weighted by atomic mass is 16.3. The van der Waals surface area contributed by atoms with Crippen LogP contribution in [0.1, 0.15) is 6.42 Å². The van der Waals surface area contributed by atoms with Crippen LogP contribution in [-0.2, 0) is 0 Å². The monoisotopic (exact) mass is 196 g/mol.